The number of hydrogen-bond acceptors (Lipinski definition) is 7. The van der Waals surface area contributed by atoms with Crippen molar-refractivity contribution in [1.82, 2.24) is 5.32 Å². The summed E-state index contributed by atoms with van der Waals surface area (Å²) in [4.78, 5) is 40.0. The fraction of sp³-hybridized carbons (Fsp3) is 0.846. The van der Waals surface area contributed by atoms with E-state index in [4.69, 9.17) is 13.8 Å². The molecule has 0 rings (SSSR count). The van der Waals surface area contributed by atoms with Gasteiger partial charge in [0, 0.05) is 12.8 Å². The molecule has 0 bridgehead atoms. The standard InChI is InChI=1S/C65H123N2O7P/c1-7-10-13-16-19-22-25-27-29-31-33-35-37-39-42-45-48-51-54-57-64(68)66-62(61-73-75(70,71)72-60-59-67(4,5)6)63(56-53-50-47-44-41-24-21-18-15-12-9-3)74-65(69)58-55-52-49-46-43-40-38-36-34-32-30-28-26-23-20-17-14-11-8-2/h20,23,28,30,34,36,53,56,62-63H,7-19,21-22,24-27,29,31-33,35,37-52,54-55,57-61H2,1-6H3,(H-,66,68,70,71)/b23-20-,30-28-,36-34-,56-53+. The number of hydrogen-bond donors (Lipinski definition) is 1. The molecule has 0 aromatic rings. The van der Waals surface area contributed by atoms with Crippen LogP contribution in [0.15, 0.2) is 48.6 Å². The van der Waals surface area contributed by atoms with Crippen LogP contribution in [0.5, 0.6) is 0 Å². The van der Waals surface area contributed by atoms with Crippen molar-refractivity contribution in [1.29, 1.82) is 0 Å². The van der Waals surface area contributed by atoms with Gasteiger partial charge in [-0.2, -0.15) is 0 Å². The SMILES string of the molecule is CCCCC/C=C\C/C=C\C/C=C\CCCCCCCCC(=O)OC(/C=C/CCCCCCCCCCC)C(COP(=O)([O-])OCC[N+](C)(C)C)NC(=O)CCCCCCCCCCCCCCCCCCCCC. The van der Waals surface area contributed by atoms with Crippen LogP contribution in [-0.2, 0) is 27.9 Å². The van der Waals surface area contributed by atoms with Crippen LogP contribution in [0.3, 0.4) is 0 Å². The zero-order chi connectivity index (χ0) is 55.0. The first-order valence-electron chi connectivity index (χ1n) is 31.9. The molecule has 1 amide bonds. The lowest BCUT2D eigenvalue weighted by atomic mass is 10.0. The lowest BCUT2D eigenvalue weighted by molar-refractivity contribution is -0.870. The van der Waals surface area contributed by atoms with Crippen LogP contribution in [0.1, 0.15) is 303 Å². The van der Waals surface area contributed by atoms with Gasteiger partial charge in [0.2, 0.25) is 5.91 Å². The third-order valence-corrected chi connectivity index (χ3v) is 15.2. The van der Waals surface area contributed by atoms with Gasteiger partial charge in [0.1, 0.15) is 19.3 Å². The number of nitrogens with one attached hydrogen (secondary N) is 1. The number of likely N-dealkylation sites (N-methyl/N-ethyl adjacent to an activating group) is 1. The molecule has 75 heavy (non-hydrogen) atoms. The fourth-order valence-electron chi connectivity index (χ4n) is 9.29. The monoisotopic (exact) mass is 1070 g/mol. The van der Waals surface area contributed by atoms with E-state index >= 15 is 0 Å². The van der Waals surface area contributed by atoms with Crippen LogP contribution in [0.25, 0.3) is 0 Å². The van der Waals surface area contributed by atoms with Gasteiger partial charge in [-0.1, -0.05) is 269 Å². The maximum Gasteiger partial charge on any atom is 0.306 e. The lowest BCUT2D eigenvalue weighted by Gasteiger charge is -2.30. The summed E-state index contributed by atoms with van der Waals surface area (Å²) >= 11 is 0. The molecule has 0 spiro atoms. The second kappa shape index (κ2) is 55.3. The molecular formula is C65H123N2O7P. The minimum Gasteiger partial charge on any atom is -0.756 e. The Morgan fingerprint density at radius 2 is 0.813 bits per heavy atom. The number of rotatable bonds is 58. The van der Waals surface area contributed by atoms with Crippen molar-refractivity contribution in [2.24, 2.45) is 0 Å². The largest absolute Gasteiger partial charge is 0.756 e. The summed E-state index contributed by atoms with van der Waals surface area (Å²) in [6, 6.07) is -0.891. The van der Waals surface area contributed by atoms with E-state index in [-0.39, 0.29) is 31.5 Å². The van der Waals surface area contributed by atoms with Gasteiger partial charge in [-0.25, -0.2) is 0 Å². The number of nitrogens with zero attached hydrogens (tertiary/aromatic N) is 1. The minimum atomic E-state index is -4.70. The van der Waals surface area contributed by atoms with Crippen molar-refractivity contribution < 1.29 is 37.3 Å². The number of esters is 1. The molecule has 1 N–H and O–H groups in total. The smallest absolute Gasteiger partial charge is 0.306 e. The van der Waals surface area contributed by atoms with E-state index in [0.717, 1.165) is 83.5 Å². The number of quaternary nitrogens is 1. The molecule has 440 valence electrons. The maximum absolute atomic E-state index is 13.5. The number of carbonyl (C=O) groups excluding carboxylic acids is 2. The first-order chi connectivity index (χ1) is 36.4. The summed E-state index contributed by atoms with van der Waals surface area (Å²) in [6.45, 7) is 6.83. The highest BCUT2D eigenvalue weighted by Gasteiger charge is 2.27. The van der Waals surface area contributed by atoms with Gasteiger partial charge in [0.15, 0.2) is 0 Å². The van der Waals surface area contributed by atoms with Crippen molar-refractivity contribution in [3.8, 4) is 0 Å². The second-order valence-corrected chi connectivity index (χ2v) is 24.3. The summed E-state index contributed by atoms with van der Waals surface area (Å²) in [6.07, 6.45) is 67.9. The third kappa shape index (κ3) is 56.5. The van der Waals surface area contributed by atoms with Crippen LogP contribution in [-0.4, -0.2) is 69.4 Å². The van der Waals surface area contributed by atoms with Crippen LogP contribution in [0, 0.1) is 0 Å². The summed E-state index contributed by atoms with van der Waals surface area (Å²) in [5.74, 6) is -0.545. The van der Waals surface area contributed by atoms with Gasteiger partial charge < -0.3 is 28.5 Å². The molecule has 0 aliphatic heterocycles. The quantitative estimate of drug-likeness (QED) is 0.0212. The van der Waals surface area contributed by atoms with Crippen molar-refractivity contribution in [2.45, 2.75) is 315 Å². The maximum atomic E-state index is 13.5. The summed E-state index contributed by atoms with van der Waals surface area (Å²) in [7, 11) is 1.18. The molecule has 0 aromatic carbocycles. The van der Waals surface area contributed by atoms with E-state index in [9.17, 15) is 19.0 Å². The highest BCUT2D eigenvalue weighted by atomic mass is 31.2. The third-order valence-electron chi connectivity index (χ3n) is 14.3. The number of ether oxygens (including phenoxy) is 1. The summed E-state index contributed by atoms with van der Waals surface area (Å²) in [5, 5.41) is 3.03. The van der Waals surface area contributed by atoms with Crippen LogP contribution in [0.2, 0.25) is 0 Å². The molecule has 9 nitrogen and oxygen atoms in total. The average molecular weight is 1080 g/mol. The van der Waals surface area contributed by atoms with E-state index in [1.807, 2.05) is 33.3 Å². The second-order valence-electron chi connectivity index (χ2n) is 22.9. The van der Waals surface area contributed by atoms with Crippen molar-refractivity contribution in [2.75, 3.05) is 40.9 Å². The van der Waals surface area contributed by atoms with Gasteiger partial charge >= 0.3 is 5.97 Å². The van der Waals surface area contributed by atoms with Crippen molar-refractivity contribution in [3.05, 3.63) is 48.6 Å². The molecule has 3 atom stereocenters. The molecule has 0 aliphatic rings. The van der Waals surface area contributed by atoms with E-state index in [1.54, 1.807) is 0 Å². The molecule has 0 radical (unpaired) electrons. The van der Waals surface area contributed by atoms with Gasteiger partial charge in [-0.3, -0.25) is 14.2 Å². The number of amides is 1. The zero-order valence-corrected chi connectivity index (χ0v) is 51.2. The molecule has 0 aromatic heterocycles. The molecule has 0 fully saturated rings. The van der Waals surface area contributed by atoms with Crippen molar-refractivity contribution in [3.63, 3.8) is 0 Å². The number of carbonyl (C=O) groups is 2. The highest BCUT2D eigenvalue weighted by Crippen LogP contribution is 2.38. The Bertz CT molecular complexity index is 1420. The van der Waals surface area contributed by atoms with Crippen molar-refractivity contribution >= 4 is 19.7 Å². The minimum absolute atomic E-state index is 0.0234. The first-order valence-corrected chi connectivity index (χ1v) is 33.4. The Kier molecular flexibility index (Phi) is 53.8. The van der Waals surface area contributed by atoms with Crippen LogP contribution < -0.4 is 10.2 Å². The lowest BCUT2D eigenvalue weighted by Crippen LogP contribution is -2.47. The Balaban J connectivity index is 5.19. The van der Waals surface area contributed by atoms with Gasteiger partial charge in [0.25, 0.3) is 7.82 Å². The topological polar surface area (TPSA) is 114 Å². The Hall–Kier alpha value is -2.03. The van der Waals surface area contributed by atoms with Gasteiger partial charge in [0.05, 0.1) is 33.8 Å². The molecule has 0 aliphatic carbocycles. The number of phosphoric ester groups is 1. The number of phosphoric acid groups is 1. The predicted octanol–water partition coefficient (Wildman–Crippen LogP) is 19.0. The molecule has 10 heteroatoms. The van der Waals surface area contributed by atoms with E-state index in [1.165, 1.54) is 186 Å². The molecule has 0 saturated carbocycles. The highest BCUT2D eigenvalue weighted by molar-refractivity contribution is 7.45. The van der Waals surface area contributed by atoms with Crippen LogP contribution in [0.4, 0.5) is 0 Å². The van der Waals surface area contributed by atoms with E-state index in [2.05, 4.69) is 62.5 Å². The normalized spacial score (nSPS) is 14.0. The Morgan fingerprint density at radius 1 is 0.467 bits per heavy atom. The summed E-state index contributed by atoms with van der Waals surface area (Å²) in [5.41, 5.74) is 0. The van der Waals surface area contributed by atoms with E-state index < -0.39 is 20.0 Å². The zero-order valence-electron chi connectivity index (χ0n) is 50.3. The molecular weight excluding hydrogens is 952 g/mol. The predicted molar refractivity (Wildman–Crippen MR) is 321 cm³/mol. The Labute approximate surface area is 465 Å². The number of unbranched alkanes of at least 4 members (excludes halogenated alkanes) is 36. The van der Waals surface area contributed by atoms with Crippen LogP contribution >= 0.6 is 7.82 Å². The fourth-order valence-corrected chi connectivity index (χ4v) is 10.0. The van der Waals surface area contributed by atoms with Gasteiger partial charge in [-0.05, 0) is 70.3 Å². The van der Waals surface area contributed by atoms with Gasteiger partial charge in [-0.15, -0.1) is 0 Å². The molecule has 0 heterocycles. The summed E-state index contributed by atoms with van der Waals surface area (Å²) < 4.78 is 30.3. The molecule has 3 unspecified atom stereocenters. The molecule has 0 saturated heterocycles. The number of allylic oxidation sites excluding steroid dienone is 7. The average Bonchev–Trinajstić information content (AvgIpc) is 3.37. The first kappa shape index (κ1) is 73.0. The van der Waals surface area contributed by atoms with E-state index in [0.29, 0.717) is 17.4 Å². The Morgan fingerprint density at radius 3 is 1.24 bits per heavy atom.